The van der Waals surface area contributed by atoms with Gasteiger partial charge in [-0.1, -0.05) is 26.7 Å². The topological polar surface area (TPSA) is 66.6 Å². The van der Waals surface area contributed by atoms with E-state index in [2.05, 4.69) is 18.7 Å². The summed E-state index contributed by atoms with van der Waals surface area (Å²) in [5.74, 6) is -1.46. The summed E-state index contributed by atoms with van der Waals surface area (Å²) in [6.07, 6.45) is 4.39. The fourth-order valence-corrected chi connectivity index (χ4v) is 3.10. The number of nitrogens with zero attached hydrogens (tertiary/aromatic N) is 1. The quantitative estimate of drug-likeness (QED) is 0.816. The summed E-state index contributed by atoms with van der Waals surface area (Å²) in [6.45, 7) is 4.93. The molecule has 3 N–H and O–H groups in total. The number of hydrogen-bond donors (Lipinski definition) is 2. The van der Waals surface area contributed by atoms with E-state index in [1.807, 2.05) is 0 Å². The molecule has 1 aromatic carbocycles. The van der Waals surface area contributed by atoms with Crippen LogP contribution in [0.1, 0.15) is 49.9 Å². The number of carboxylic acid groups (broad SMARTS) is 1. The van der Waals surface area contributed by atoms with Crippen molar-refractivity contribution >= 4 is 17.3 Å². The molecule has 2 rings (SSSR count). The van der Waals surface area contributed by atoms with Crippen LogP contribution in [0, 0.1) is 11.7 Å². The smallest absolute Gasteiger partial charge is 0.340 e. The first kappa shape index (κ1) is 15.6. The lowest BCUT2D eigenvalue weighted by Crippen LogP contribution is -2.37. The Kier molecular flexibility index (Phi) is 4.70. The Morgan fingerprint density at radius 2 is 2.05 bits per heavy atom. The number of benzene rings is 1. The third kappa shape index (κ3) is 3.28. The van der Waals surface area contributed by atoms with Gasteiger partial charge in [-0.25, -0.2) is 9.18 Å². The van der Waals surface area contributed by atoms with Gasteiger partial charge in [-0.15, -0.1) is 0 Å². The molecule has 0 atom stereocenters. The number of carboxylic acids is 1. The van der Waals surface area contributed by atoms with E-state index in [4.69, 9.17) is 5.73 Å². The molecule has 1 fully saturated rings. The minimum atomic E-state index is -1.17. The third-order valence-corrected chi connectivity index (χ3v) is 4.02. The molecule has 0 radical (unpaired) electrons. The van der Waals surface area contributed by atoms with E-state index >= 15 is 0 Å². The van der Waals surface area contributed by atoms with Crippen LogP contribution in [-0.4, -0.2) is 23.7 Å². The van der Waals surface area contributed by atoms with Gasteiger partial charge in [0.25, 0.3) is 0 Å². The molecular weight excluding hydrogens is 271 g/mol. The molecule has 0 heterocycles. The number of nitrogen functional groups attached to an aromatic ring is 1. The van der Waals surface area contributed by atoms with Crippen molar-refractivity contribution in [2.24, 2.45) is 5.92 Å². The Morgan fingerprint density at radius 3 is 2.57 bits per heavy atom. The molecule has 1 saturated carbocycles. The summed E-state index contributed by atoms with van der Waals surface area (Å²) in [5, 5.41) is 9.42. The first-order valence-corrected chi connectivity index (χ1v) is 7.49. The first-order chi connectivity index (χ1) is 9.91. The van der Waals surface area contributed by atoms with Gasteiger partial charge in [0.1, 0.15) is 11.4 Å². The molecule has 1 aliphatic carbocycles. The van der Waals surface area contributed by atoms with Crippen molar-refractivity contribution in [1.82, 2.24) is 0 Å². The van der Waals surface area contributed by atoms with Crippen LogP contribution < -0.4 is 10.6 Å². The average Bonchev–Trinajstić information content (AvgIpc) is 2.92. The summed E-state index contributed by atoms with van der Waals surface area (Å²) in [6, 6.07) is 3.13. The lowest BCUT2D eigenvalue weighted by Gasteiger charge is -2.34. The van der Waals surface area contributed by atoms with Crippen LogP contribution in [0.4, 0.5) is 15.8 Å². The standard InChI is InChI=1S/C16H23FN2O2/c1-10(2)9-19(11-5-3-4-6-11)13-8-7-12(17)15(18)14(13)16(20)21/h7-8,10-11H,3-6,9,18H2,1-2H3,(H,20,21). The van der Waals surface area contributed by atoms with Gasteiger partial charge in [0.05, 0.1) is 11.4 Å². The Labute approximate surface area is 124 Å². The molecule has 0 unspecified atom stereocenters. The number of hydrogen-bond acceptors (Lipinski definition) is 3. The SMILES string of the molecule is CC(C)CN(c1ccc(F)c(N)c1C(=O)O)C1CCCC1. The summed E-state index contributed by atoms with van der Waals surface area (Å²) in [7, 11) is 0. The van der Waals surface area contributed by atoms with Crippen LogP contribution in [0.5, 0.6) is 0 Å². The van der Waals surface area contributed by atoms with Crippen LogP contribution in [0.3, 0.4) is 0 Å². The maximum Gasteiger partial charge on any atom is 0.340 e. The van der Waals surface area contributed by atoms with Crippen molar-refractivity contribution < 1.29 is 14.3 Å². The highest BCUT2D eigenvalue weighted by Crippen LogP contribution is 2.34. The number of halogens is 1. The van der Waals surface area contributed by atoms with Crippen molar-refractivity contribution in [1.29, 1.82) is 0 Å². The van der Waals surface area contributed by atoms with Gasteiger partial charge < -0.3 is 15.7 Å². The highest BCUT2D eigenvalue weighted by molar-refractivity contribution is 6.00. The van der Waals surface area contributed by atoms with Gasteiger partial charge in [0, 0.05) is 12.6 Å². The molecule has 5 heteroatoms. The van der Waals surface area contributed by atoms with Crippen LogP contribution in [0.15, 0.2) is 12.1 Å². The highest BCUT2D eigenvalue weighted by Gasteiger charge is 2.28. The predicted octanol–water partition coefficient (Wildman–Crippen LogP) is 3.51. The molecule has 0 amide bonds. The predicted molar refractivity (Wildman–Crippen MR) is 82.2 cm³/mol. The van der Waals surface area contributed by atoms with Gasteiger partial charge in [0.15, 0.2) is 0 Å². The normalized spacial score (nSPS) is 15.6. The second kappa shape index (κ2) is 6.33. The molecule has 0 bridgehead atoms. The Hall–Kier alpha value is -1.78. The molecule has 0 spiro atoms. The Bertz CT molecular complexity index is 525. The summed E-state index contributed by atoms with van der Waals surface area (Å²) in [5.41, 5.74) is 5.83. The van der Waals surface area contributed by atoms with Crippen molar-refractivity contribution in [2.75, 3.05) is 17.2 Å². The number of aromatic carboxylic acids is 1. The van der Waals surface area contributed by atoms with Crippen molar-refractivity contribution in [2.45, 2.75) is 45.6 Å². The molecule has 1 aliphatic rings. The van der Waals surface area contributed by atoms with Gasteiger partial charge in [0.2, 0.25) is 0 Å². The van der Waals surface area contributed by atoms with E-state index in [-0.39, 0.29) is 11.3 Å². The Morgan fingerprint density at radius 1 is 1.43 bits per heavy atom. The second-order valence-corrected chi connectivity index (χ2v) is 6.14. The zero-order valence-corrected chi connectivity index (χ0v) is 12.6. The van der Waals surface area contributed by atoms with E-state index in [0.717, 1.165) is 32.2 Å². The van der Waals surface area contributed by atoms with Crippen LogP contribution in [0.25, 0.3) is 0 Å². The van der Waals surface area contributed by atoms with E-state index in [1.54, 1.807) is 6.07 Å². The van der Waals surface area contributed by atoms with E-state index in [1.165, 1.54) is 6.07 Å². The van der Waals surface area contributed by atoms with Crippen LogP contribution in [-0.2, 0) is 0 Å². The van der Waals surface area contributed by atoms with Crippen molar-refractivity contribution in [3.63, 3.8) is 0 Å². The molecule has 21 heavy (non-hydrogen) atoms. The molecule has 116 valence electrons. The van der Waals surface area contributed by atoms with E-state index in [9.17, 15) is 14.3 Å². The zero-order valence-electron chi connectivity index (χ0n) is 12.6. The number of nitrogens with two attached hydrogens (primary N) is 1. The largest absolute Gasteiger partial charge is 0.478 e. The molecule has 0 saturated heterocycles. The summed E-state index contributed by atoms with van der Waals surface area (Å²) in [4.78, 5) is 13.6. The molecule has 0 aromatic heterocycles. The lowest BCUT2D eigenvalue weighted by atomic mass is 10.0. The maximum atomic E-state index is 13.6. The molecule has 4 nitrogen and oxygen atoms in total. The van der Waals surface area contributed by atoms with Crippen LogP contribution in [0.2, 0.25) is 0 Å². The first-order valence-electron chi connectivity index (χ1n) is 7.49. The number of anilines is 2. The number of rotatable bonds is 5. The fourth-order valence-electron chi connectivity index (χ4n) is 3.10. The van der Waals surface area contributed by atoms with Gasteiger partial charge in [-0.3, -0.25) is 0 Å². The average molecular weight is 294 g/mol. The minimum Gasteiger partial charge on any atom is -0.478 e. The Balaban J connectivity index is 2.48. The zero-order chi connectivity index (χ0) is 15.6. The van der Waals surface area contributed by atoms with Crippen molar-refractivity contribution in [3.05, 3.63) is 23.5 Å². The second-order valence-electron chi connectivity index (χ2n) is 6.14. The lowest BCUT2D eigenvalue weighted by molar-refractivity contribution is 0.0698. The van der Waals surface area contributed by atoms with Gasteiger partial charge >= 0.3 is 5.97 Å². The minimum absolute atomic E-state index is 0.109. The highest BCUT2D eigenvalue weighted by atomic mass is 19.1. The summed E-state index contributed by atoms with van der Waals surface area (Å²) < 4.78 is 13.6. The molecule has 1 aromatic rings. The fraction of sp³-hybridized carbons (Fsp3) is 0.562. The summed E-state index contributed by atoms with van der Waals surface area (Å²) >= 11 is 0. The molecular formula is C16H23FN2O2. The number of carbonyl (C=O) groups is 1. The van der Waals surface area contributed by atoms with Crippen LogP contribution >= 0.6 is 0 Å². The van der Waals surface area contributed by atoms with E-state index < -0.39 is 11.8 Å². The monoisotopic (exact) mass is 294 g/mol. The molecule has 0 aliphatic heterocycles. The van der Waals surface area contributed by atoms with E-state index in [0.29, 0.717) is 17.6 Å². The van der Waals surface area contributed by atoms with Gasteiger partial charge in [-0.2, -0.15) is 0 Å². The third-order valence-electron chi connectivity index (χ3n) is 4.02. The van der Waals surface area contributed by atoms with Gasteiger partial charge in [-0.05, 0) is 30.9 Å². The maximum absolute atomic E-state index is 13.6. The van der Waals surface area contributed by atoms with Crippen molar-refractivity contribution in [3.8, 4) is 0 Å².